The van der Waals surface area contributed by atoms with Gasteiger partial charge in [0.2, 0.25) is 0 Å². The average molecular weight is 529 g/mol. The summed E-state index contributed by atoms with van der Waals surface area (Å²) in [6, 6.07) is 17.6. The third-order valence-corrected chi connectivity index (χ3v) is 7.44. The van der Waals surface area contributed by atoms with E-state index in [-0.39, 0.29) is 17.2 Å². The molecule has 0 aliphatic carbocycles. The molecule has 2 aromatic carbocycles. The Labute approximate surface area is 227 Å². The zero-order valence-corrected chi connectivity index (χ0v) is 22.9. The number of nitrogens with zero attached hydrogens (tertiary/aromatic N) is 3. The first-order chi connectivity index (χ1) is 18.9. The Bertz CT molecular complexity index is 1600. The van der Waals surface area contributed by atoms with E-state index in [2.05, 4.69) is 17.1 Å². The van der Waals surface area contributed by atoms with Crippen molar-refractivity contribution in [1.29, 1.82) is 0 Å². The first-order valence-electron chi connectivity index (χ1n) is 13.9. The van der Waals surface area contributed by atoms with E-state index in [9.17, 15) is 14.4 Å². The van der Waals surface area contributed by atoms with Crippen molar-refractivity contribution in [3.05, 3.63) is 86.6 Å². The van der Waals surface area contributed by atoms with Crippen molar-refractivity contribution in [2.75, 3.05) is 6.54 Å². The van der Waals surface area contributed by atoms with Gasteiger partial charge in [-0.25, -0.2) is 4.79 Å². The number of hydrogen-bond acceptors (Lipinski definition) is 4. The molecule has 1 aliphatic rings. The van der Waals surface area contributed by atoms with Gasteiger partial charge in [0.05, 0.1) is 5.52 Å². The van der Waals surface area contributed by atoms with Gasteiger partial charge in [0.1, 0.15) is 11.3 Å². The van der Waals surface area contributed by atoms with Crippen LogP contribution in [-0.4, -0.2) is 37.6 Å². The highest BCUT2D eigenvalue weighted by atomic mass is 16.5. The van der Waals surface area contributed by atoms with Crippen molar-refractivity contribution >= 4 is 16.9 Å². The third kappa shape index (κ3) is 5.15. The van der Waals surface area contributed by atoms with E-state index in [1.807, 2.05) is 68.1 Å². The first-order valence-corrected chi connectivity index (χ1v) is 13.9. The number of nitrogens with one attached hydrogen (secondary N) is 1. The highest BCUT2D eigenvalue weighted by Crippen LogP contribution is 2.26. The van der Waals surface area contributed by atoms with Crippen LogP contribution in [-0.2, 0) is 30.8 Å². The maximum atomic E-state index is 13.3. The molecular formula is C31H36N4O4. The molecule has 8 heteroatoms. The summed E-state index contributed by atoms with van der Waals surface area (Å²) in [5.41, 5.74) is 4.61. The number of carbonyl (C=O) groups excluding carboxylic acids is 1. The van der Waals surface area contributed by atoms with E-state index in [4.69, 9.17) is 4.74 Å². The van der Waals surface area contributed by atoms with Crippen LogP contribution in [0, 0.1) is 0 Å². The number of carbonyl (C=O) groups is 1. The minimum Gasteiger partial charge on any atom is -0.481 e. The fourth-order valence-electron chi connectivity index (χ4n) is 5.38. The van der Waals surface area contributed by atoms with Crippen LogP contribution < -0.4 is 16.0 Å². The molecule has 39 heavy (non-hydrogen) atoms. The summed E-state index contributed by atoms with van der Waals surface area (Å²) < 4.78 is 9.14. The molecule has 1 unspecified atom stereocenters. The van der Waals surface area contributed by atoms with E-state index in [0.29, 0.717) is 55.8 Å². The first kappa shape index (κ1) is 26.5. The van der Waals surface area contributed by atoms with Gasteiger partial charge in [0.15, 0.2) is 6.10 Å². The molecular weight excluding hydrogens is 492 g/mol. The molecule has 2 aromatic heterocycles. The summed E-state index contributed by atoms with van der Waals surface area (Å²) in [6.45, 7) is 8.15. The Kier molecular flexibility index (Phi) is 7.72. The van der Waals surface area contributed by atoms with Crippen LogP contribution in [0.3, 0.4) is 0 Å². The molecule has 204 valence electrons. The minimum absolute atomic E-state index is 0.00366. The number of aromatic nitrogens is 3. The van der Waals surface area contributed by atoms with Crippen LogP contribution in [0.25, 0.3) is 22.3 Å². The summed E-state index contributed by atoms with van der Waals surface area (Å²) in [5, 5.41) is 0. The van der Waals surface area contributed by atoms with Gasteiger partial charge in [0.25, 0.3) is 11.5 Å². The van der Waals surface area contributed by atoms with Gasteiger partial charge in [-0.1, -0.05) is 45.0 Å². The van der Waals surface area contributed by atoms with Crippen molar-refractivity contribution in [1.82, 2.24) is 19.0 Å². The summed E-state index contributed by atoms with van der Waals surface area (Å²) in [7, 11) is 0. The molecule has 1 amide bonds. The van der Waals surface area contributed by atoms with Gasteiger partial charge in [-0.2, -0.15) is 0 Å². The Morgan fingerprint density at radius 1 is 0.949 bits per heavy atom. The van der Waals surface area contributed by atoms with Crippen LogP contribution in [0.2, 0.25) is 0 Å². The number of aryl methyl sites for hydroxylation is 1. The number of fused-ring (bicyclic) bond motifs is 2. The monoisotopic (exact) mass is 528 g/mol. The van der Waals surface area contributed by atoms with Gasteiger partial charge in [-0.15, -0.1) is 0 Å². The van der Waals surface area contributed by atoms with Crippen molar-refractivity contribution in [2.45, 2.75) is 72.2 Å². The number of hydrogen-bond donors (Lipinski definition) is 1. The van der Waals surface area contributed by atoms with E-state index in [1.54, 1.807) is 4.57 Å². The quantitative estimate of drug-likeness (QED) is 0.340. The maximum absolute atomic E-state index is 13.3. The van der Waals surface area contributed by atoms with Crippen molar-refractivity contribution < 1.29 is 9.53 Å². The normalized spacial score (nSPS) is 13.9. The second-order valence-corrected chi connectivity index (χ2v) is 10.2. The number of aromatic amines is 1. The molecule has 1 N–H and O–H groups in total. The predicted molar refractivity (Wildman–Crippen MR) is 153 cm³/mol. The lowest BCUT2D eigenvalue weighted by Crippen LogP contribution is -2.44. The maximum Gasteiger partial charge on any atom is 0.331 e. The second kappa shape index (κ2) is 11.4. The minimum atomic E-state index is -0.560. The van der Waals surface area contributed by atoms with Crippen LogP contribution in [0.5, 0.6) is 5.75 Å². The Morgan fingerprint density at radius 3 is 2.33 bits per heavy atom. The molecule has 8 nitrogen and oxygen atoms in total. The molecule has 0 fully saturated rings. The fourth-order valence-corrected chi connectivity index (χ4v) is 5.38. The lowest BCUT2D eigenvalue weighted by Gasteiger charge is -2.31. The van der Waals surface area contributed by atoms with Crippen molar-refractivity contribution in [2.24, 2.45) is 0 Å². The standard InChI is InChI=1S/C31H36N4O4/c1-4-16-34-26-19-25(32-28(26)30(37)35(17-5-2)31(34)38)22-11-13-24(14-12-22)39-27(6-3)29(36)33-18-15-21-9-7-8-10-23(21)20-33/h7-14,19,27,32H,4-6,15-18,20H2,1-3H3. The molecule has 5 rings (SSSR count). The van der Waals surface area contributed by atoms with E-state index in [0.717, 1.165) is 24.1 Å². The smallest absolute Gasteiger partial charge is 0.331 e. The van der Waals surface area contributed by atoms with Crippen LogP contribution in [0.1, 0.15) is 51.2 Å². The van der Waals surface area contributed by atoms with Crippen molar-refractivity contribution in [3.8, 4) is 17.0 Å². The molecule has 1 atom stereocenters. The SMILES string of the molecule is CCCn1c(=O)c2[nH]c(-c3ccc(OC(CC)C(=O)N4CCc5ccccc5C4)cc3)cc2n(CCC)c1=O. The van der Waals surface area contributed by atoms with E-state index < -0.39 is 6.10 Å². The average Bonchev–Trinajstić information content (AvgIpc) is 3.41. The zero-order chi connectivity index (χ0) is 27.5. The van der Waals surface area contributed by atoms with Gasteiger partial charge < -0.3 is 14.6 Å². The van der Waals surface area contributed by atoms with Gasteiger partial charge >= 0.3 is 5.69 Å². The Balaban J connectivity index is 1.36. The summed E-state index contributed by atoms with van der Waals surface area (Å²) >= 11 is 0. The Hall–Kier alpha value is -4.07. The predicted octanol–water partition coefficient (Wildman–Crippen LogP) is 4.72. The molecule has 0 saturated carbocycles. The van der Waals surface area contributed by atoms with Crippen molar-refractivity contribution in [3.63, 3.8) is 0 Å². The molecule has 3 heterocycles. The zero-order valence-electron chi connectivity index (χ0n) is 22.9. The topological polar surface area (TPSA) is 89.3 Å². The molecule has 0 radical (unpaired) electrons. The van der Waals surface area contributed by atoms with Gasteiger partial charge in [-0.3, -0.25) is 18.7 Å². The Morgan fingerprint density at radius 2 is 1.64 bits per heavy atom. The number of ether oxygens (including phenoxy) is 1. The van der Waals surface area contributed by atoms with Gasteiger partial charge in [-0.05, 0) is 72.7 Å². The van der Waals surface area contributed by atoms with Crippen LogP contribution in [0.15, 0.2) is 64.2 Å². The van der Waals surface area contributed by atoms with Gasteiger partial charge in [0, 0.05) is 31.9 Å². The second-order valence-electron chi connectivity index (χ2n) is 10.2. The number of rotatable bonds is 9. The van der Waals surface area contributed by atoms with Crippen LogP contribution in [0.4, 0.5) is 0 Å². The summed E-state index contributed by atoms with van der Waals surface area (Å²) in [6.07, 6.45) is 2.35. The molecule has 4 aromatic rings. The molecule has 0 saturated heterocycles. The number of amides is 1. The number of benzene rings is 2. The third-order valence-electron chi connectivity index (χ3n) is 7.44. The highest BCUT2D eigenvalue weighted by Gasteiger charge is 2.27. The fraction of sp³-hybridized carbons (Fsp3) is 0.387. The highest BCUT2D eigenvalue weighted by molar-refractivity contribution is 5.83. The lowest BCUT2D eigenvalue weighted by molar-refractivity contribution is -0.139. The summed E-state index contributed by atoms with van der Waals surface area (Å²) in [5.74, 6) is 0.615. The van der Waals surface area contributed by atoms with E-state index in [1.165, 1.54) is 15.7 Å². The van der Waals surface area contributed by atoms with Crippen LogP contribution >= 0.6 is 0 Å². The largest absolute Gasteiger partial charge is 0.481 e. The summed E-state index contributed by atoms with van der Waals surface area (Å²) in [4.78, 5) is 44.5. The molecule has 0 spiro atoms. The number of H-pyrrole nitrogens is 1. The molecule has 1 aliphatic heterocycles. The lowest BCUT2D eigenvalue weighted by atomic mass is 9.99. The van der Waals surface area contributed by atoms with E-state index >= 15 is 0 Å². The molecule has 0 bridgehead atoms.